The number of benzene rings is 2. The number of hydrogen-bond acceptors (Lipinski definition) is 5. The van der Waals surface area contributed by atoms with Crippen LogP contribution in [0.15, 0.2) is 72.1 Å². The summed E-state index contributed by atoms with van der Waals surface area (Å²) in [5, 5.41) is 11.6. The molecule has 2 heterocycles. The van der Waals surface area contributed by atoms with Crippen LogP contribution in [0.2, 0.25) is 0 Å². The van der Waals surface area contributed by atoms with E-state index < -0.39 is 0 Å². The molecule has 2 unspecified atom stereocenters. The third-order valence-electron chi connectivity index (χ3n) is 9.59. The number of fused-ring (bicyclic) bond motifs is 1. The van der Waals surface area contributed by atoms with Gasteiger partial charge < -0.3 is 20.1 Å². The van der Waals surface area contributed by atoms with Crippen LogP contribution in [-0.4, -0.2) is 59.2 Å². The fraction of sp³-hybridized carbons (Fsp3) is 0.541. The number of nitrogens with zero attached hydrogens (tertiary/aromatic N) is 2. The molecule has 6 nitrogen and oxygen atoms in total. The van der Waals surface area contributed by atoms with E-state index in [1.54, 1.807) is 0 Å². The van der Waals surface area contributed by atoms with Gasteiger partial charge in [0, 0.05) is 31.9 Å². The van der Waals surface area contributed by atoms with Crippen molar-refractivity contribution in [2.75, 3.05) is 26.3 Å². The van der Waals surface area contributed by atoms with Crippen LogP contribution in [0.5, 0.6) is 0 Å². The van der Waals surface area contributed by atoms with E-state index >= 15 is 0 Å². The lowest BCUT2D eigenvalue weighted by atomic mass is 9.84. The number of nitrogens with one attached hydrogen (secondary N) is 1. The van der Waals surface area contributed by atoms with Gasteiger partial charge in [-0.25, -0.2) is 0 Å². The Hall–Kier alpha value is -3.09. The van der Waals surface area contributed by atoms with Crippen molar-refractivity contribution < 1.29 is 14.6 Å². The number of ether oxygens (including phenoxy) is 1. The minimum atomic E-state index is -0.134. The highest BCUT2D eigenvalue weighted by Crippen LogP contribution is 2.37. The first-order valence-corrected chi connectivity index (χ1v) is 16.6. The molecule has 0 radical (unpaired) electrons. The summed E-state index contributed by atoms with van der Waals surface area (Å²) in [6.07, 6.45) is 10.8. The van der Waals surface area contributed by atoms with E-state index in [1.807, 2.05) is 0 Å². The number of piperazine rings is 1. The van der Waals surface area contributed by atoms with Gasteiger partial charge in [-0.3, -0.25) is 9.69 Å². The largest absolute Gasteiger partial charge is 0.516 e. The summed E-state index contributed by atoms with van der Waals surface area (Å²) in [5.41, 5.74) is 8.01. The molecule has 6 rings (SSSR count). The third-order valence-corrected chi connectivity index (χ3v) is 9.59. The number of allylic oxidation sites excluding steroid dienone is 2. The lowest BCUT2D eigenvalue weighted by molar-refractivity contribution is -0.132. The number of rotatable bonds is 9. The lowest BCUT2D eigenvalue weighted by Gasteiger charge is -2.47. The first-order valence-electron chi connectivity index (χ1n) is 16.6. The number of aliphatic hydroxyl groups excluding tert-OH is 1. The molecule has 43 heavy (non-hydrogen) atoms. The van der Waals surface area contributed by atoms with E-state index in [4.69, 9.17) is 9.84 Å². The van der Waals surface area contributed by atoms with E-state index in [0.717, 1.165) is 84.3 Å². The van der Waals surface area contributed by atoms with Gasteiger partial charge in [0.1, 0.15) is 6.04 Å². The Bertz CT molecular complexity index is 1250. The number of carbonyl (C=O) groups is 1. The van der Waals surface area contributed by atoms with Gasteiger partial charge in [0.05, 0.1) is 25.5 Å². The van der Waals surface area contributed by atoms with Crippen LogP contribution < -0.4 is 5.32 Å². The zero-order chi connectivity index (χ0) is 30.2. The summed E-state index contributed by atoms with van der Waals surface area (Å²) in [4.78, 5) is 18.8. The van der Waals surface area contributed by atoms with Crippen molar-refractivity contribution >= 4 is 5.91 Å². The minimum absolute atomic E-state index is 0.0528. The summed E-state index contributed by atoms with van der Waals surface area (Å²) in [6, 6.07) is 17.7. The second-order valence-electron chi connectivity index (χ2n) is 12.6. The highest BCUT2D eigenvalue weighted by molar-refractivity contribution is 5.84. The average Bonchev–Trinajstić information content (AvgIpc) is 3.78. The topological polar surface area (TPSA) is 65.0 Å². The Morgan fingerprint density at radius 3 is 2.16 bits per heavy atom. The molecule has 0 spiro atoms. The number of carbonyl (C=O) groups excluding carboxylic acids is 1. The van der Waals surface area contributed by atoms with Crippen LogP contribution in [0.25, 0.3) is 0 Å². The highest BCUT2D eigenvalue weighted by Gasteiger charge is 2.44. The van der Waals surface area contributed by atoms with E-state index in [-0.39, 0.29) is 18.0 Å². The number of aliphatic hydroxyl groups is 1. The van der Waals surface area contributed by atoms with Gasteiger partial charge in [0.15, 0.2) is 0 Å². The second-order valence-corrected chi connectivity index (χ2v) is 12.6. The molecule has 2 aromatic rings. The fourth-order valence-corrected chi connectivity index (χ4v) is 7.07. The molecule has 1 saturated carbocycles. The molecule has 2 aliphatic carbocycles. The first-order chi connectivity index (χ1) is 21.0. The molecule has 0 aromatic heterocycles. The predicted molar refractivity (Wildman–Crippen MR) is 174 cm³/mol. The van der Waals surface area contributed by atoms with Crippen LogP contribution in [0.4, 0.5) is 0 Å². The number of amides is 1. The Labute approximate surface area is 258 Å². The zero-order valence-electron chi connectivity index (χ0n) is 26.4. The molecule has 4 aliphatic rings. The molecule has 2 aromatic carbocycles. The van der Waals surface area contributed by atoms with Crippen molar-refractivity contribution in [3.8, 4) is 0 Å². The van der Waals surface area contributed by atoms with Crippen LogP contribution in [0.3, 0.4) is 0 Å². The van der Waals surface area contributed by atoms with Crippen molar-refractivity contribution in [2.45, 2.75) is 90.9 Å². The summed E-state index contributed by atoms with van der Waals surface area (Å²) in [7, 11) is 0. The van der Waals surface area contributed by atoms with Gasteiger partial charge in [-0.05, 0) is 71.8 Å². The monoisotopic (exact) mass is 585 g/mol. The molecule has 0 bridgehead atoms. The summed E-state index contributed by atoms with van der Waals surface area (Å²) < 4.78 is 5.54. The fourth-order valence-electron chi connectivity index (χ4n) is 7.07. The first kappa shape index (κ1) is 31.3. The van der Waals surface area contributed by atoms with Crippen LogP contribution >= 0.6 is 0 Å². The average molecular weight is 586 g/mol. The van der Waals surface area contributed by atoms with Gasteiger partial charge in [0.2, 0.25) is 5.91 Å². The molecule has 2 N–H and O–H groups in total. The standard InChI is InChI=1S/C33H45N3O2.C4H6O/c1-4-10-30-31(29-20-27-13-7-8-14-28(27)21-29)34-33(37)32(26(5-2)6-3)36(30)23-25-12-9-11-24(19-25)22-35-15-17-38-18-16-35;5-3-4-1-2-4/h7-14,19,26,29,31-32H,4-6,15-18,20-23H2,1-3H3,(H,34,37);3,5H,1-2H2/b30-10+;. The Balaban J connectivity index is 0.000000668. The van der Waals surface area contributed by atoms with Gasteiger partial charge in [-0.2, -0.15) is 0 Å². The van der Waals surface area contributed by atoms with Crippen molar-refractivity contribution in [2.24, 2.45) is 11.8 Å². The predicted octanol–water partition coefficient (Wildman–Crippen LogP) is 6.56. The van der Waals surface area contributed by atoms with Gasteiger partial charge in [0.25, 0.3) is 0 Å². The second kappa shape index (κ2) is 15.1. The van der Waals surface area contributed by atoms with Crippen LogP contribution in [0, 0.1) is 11.8 Å². The van der Waals surface area contributed by atoms with E-state index in [2.05, 4.69) is 90.5 Å². The van der Waals surface area contributed by atoms with E-state index in [1.165, 1.54) is 39.8 Å². The molecule has 2 aliphatic heterocycles. The summed E-state index contributed by atoms with van der Waals surface area (Å²) in [5.74, 6) is 0.929. The smallest absolute Gasteiger partial charge is 0.243 e. The normalized spacial score (nSPS) is 23.2. The van der Waals surface area contributed by atoms with Crippen LogP contribution in [0.1, 0.15) is 75.1 Å². The Morgan fingerprint density at radius 2 is 1.60 bits per heavy atom. The van der Waals surface area contributed by atoms with Gasteiger partial charge in [-0.15, -0.1) is 0 Å². The molecule has 3 fully saturated rings. The number of hydrogen-bond donors (Lipinski definition) is 2. The molecular formula is C37H51N3O3. The third kappa shape index (κ3) is 7.90. The number of morpholine rings is 1. The van der Waals surface area contributed by atoms with Crippen molar-refractivity contribution in [1.82, 2.24) is 15.1 Å². The van der Waals surface area contributed by atoms with Crippen molar-refractivity contribution in [3.63, 3.8) is 0 Å². The zero-order valence-corrected chi connectivity index (χ0v) is 26.4. The van der Waals surface area contributed by atoms with E-state index in [9.17, 15) is 4.79 Å². The molecule has 2 atom stereocenters. The maximum absolute atomic E-state index is 13.9. The summed E-state index contributed by atoms with van der Waals surface area (Å²) in [6.45, 7) is 12.0. The molecule has 1 amide bonds. The molecule has 232 valence electrons. The van der Waals surface area contributed by atoms with Crippen molar-refractivity contribution in [3.05, 3.63) is 94.4 Å². The maximum Gasteiger partial charge on any atom is 0.243 e. The maximum atomic E-state index is 13.9. The Kier molecular flexibility index (Phi) is 11.0. The molecule has 2 saturated heterocycles. The SMILES string of the molecule is CC/C=C1\C(C2Cc3ccccc3C2)NC(=O)C(C(CC)CC)N1Cc1cccc(CN2CCOCC2)c1.OC=C1CC1. The van der Waals surface area contributed by atoms with Gasteiger partial charge >= 0.3 is 0 Å². The molecular weight excluding hydrogens is 534 g/mol. The lowest BCUT2D eigenvalue weighted by Crippen LogP contribution is -2.62. The van der Waals surface area contributed by atoms with E-state index in [0.29, 0.717) is 11.8 Å². The Morgan fingerprint density at radius 1 is 0.953 bits per heavy atom. The van der Waals surface area contributed by atoms with Gasteiger partial charge in [-0.1, -0.05) is 88.2 Å². The van der Waals surface area contributed by atoms with Crippen molar-refractivity contribution in [1.29, 1.82) is 0 Å². The van der Waals surface area contributed by atoms with Crippen LogP contribution in [-0.2, 0) is 35.5 Å². The summed E-state index contributed by atoms with van der Waals surface area (Å²) >= 11 is 0. The molecule has 6 heteroatoms. The highest BCUT2D eigenvalue weighted by atomic mass is 16.5. The quantitative estimate of drug-likeness (QED) is 0.327. The minimum Gasteiger partial charge on any atom is -0.516 e.